The van der Waals surface area contributed by atoms with E-state index in [0.29, 0.717) is 12.3 Å². The number of hydrogen-bond donors (Lipinski definition) is 2. The van der Waals surface area contributed by atoms with Crippen LogP contribution >= 0.6 is 34.6 Å². The number of aliphatic hydroxyl groups is 1. The van der Waals surface area contributed by atoms with Gasteiger partial charge in [0.05, 0.1) is 16.3 Å². The summed E-state index contributed by atoms with van der Waals surface area (Å²) in [5.41, 5.74) is 3.46. The lowest BCUT2D eigenvalue weighted by Crippen LogP contribution is -2.24. The zero-order chi connectivity index (χ0) is 20.1. The van der Waals surface area contributed by atoms with Crippen molar-refractivity contribution in [3.63, 3.8) is 0 Å². The second-order valence-corrected chi connectivity index (χ2v) is 8.87. The van der Waals surface area contributed by atoms with Gasteiger partial charge in [-0.2, -0.15) is 0 Å². The van der Waals surface area contributed by atoms with Crippen molar-refractivity contribution in [1.82, 2.24) is 15.0 Å². The minimum Gasteiger partial charge on any atom is -0.396 e. The summed E-state index contributed by atoms with van der Waals surface area (Å²) in [4.78, 5) is 14.7. The van der Waals surface area contributed by atoms with Crippen LogP contribution in [0.15, 0.2) is 24.5 Å². The average molecular weight is 434 g/mol. The van der Waals surface area contributed by atoms with Crippen LogP contribution in [0.4, 0.5) is 5.00 Å². The Balaban J connectivity index is 0.000000516. The Morgan fingerprint density at radius 1 is 1.29 bits per heavy atom. The number of anilines is 1. The number of thiazole rings is 2. The van der Waals surface area contributed by atoms with Gasteiger partial charge in [-0.05, 0) is 25.5 Å². The van der Waals surface area contributed by atoms with E-state index in [9.17, 15) is 0 Å². The molecular formula is C19H23N5OS3. The zero-order valence-electron chi connectivity index (χ0n) is 16.1. The summed E-state index contributed by atoms with van der Waals surface area (Å²) < 4.78 is 2.23. The number of fused-ring (bicyclic) bond motifs is 1. The van der Waals surface area contributed by atoms with E-state index in [4.69, 9.17) is 20.5 Å². The Morgan fingerprint density at radius 2 is 2.07 bits per heavy atom. The third kappa shape index (κ3) is 4.43. The Morgan fingerprint density at radius 3 is 2.71 bits per heavy atom. The minimum absolute atomic E-state index is 0.319. The van der Waals surface area contributed by atoms with Crippen molar-refractivity contribution >= 4 is 45.3 Å². The Labute approximate surface area is 177 Å². The molecule has 0 aromatic carbocycles. The van der Waals surface area contributed by atoms with Crippen LogP contribution in [0, 0.1) is 12.3 Å². The lowest BCUT2D eigenvalue weighted by atomic mass is 10.1. The summed E-state index contributed by atoms with van der Waals surface area (Å²) in [6.07, 6.45) is 7.29. The van der Waals surface area contributed by atoms with Crippen LogP contribution in [0.3, 0.4) is 0 Å². The van der Waals surface area contributed by atoms with Crippen LogP contribution in [0.2, 0.25) is 0 Å². The second-order valence-electron chi connectivity index (χ2n) is 6.08. The Bertz CT molecular complexity index is 936. The lowest BCUT2D eigenvalue weighted by molar-refractivity contribution is 0.295. The molecule has 0 bridgehead atoms. The van der Waals surface area contributed by atoms with Gasteiger partial charge in [-0.1, -0.05) is 30.2 Å². The molecule has 28 heavy (non-hydrogen) atoms. The number of nitrogens with zero attached hydrogens (tertiary/aromatic N) is 4. The molecule has 0 spiro atoms. The van der Waals surface area contributed by atoms with E-state index in [-0.39, 0.29) is 0 Å². The van der Waals surface area contributed by atoms with Crippen molar-refractivity contribution in [1.29, 1.82) is 5.41 Å². The summed E-state index contributed by atoms with van der Waals surface area (Å²) in [7, 11) is 0. The molecule has 4 heterocycles. The van der Waals surface area contributed by atoms with Gasteiger partial charge in [-0.3, -0.25) is 4.98 Å². The molecule has 6 nitrogen and oxygen atoms in total. The van der Waals surface area contributed by atoms with Crippen molar-refractivity contribution in [2.24, 2.45) is 0 Å². The molecule has 0 radical (unpaired) electrons. The van der Waals surface area contributed by atoms with Gasteiger partial charge in [0.15, 0.2) is 0 Å². The predicted molar refractivity (Wildman–Crippen MR) is 121 cm³/mol. The number of pyridine rings is 1. The summed E-state index contributed by atoms with van der Waals surface area (Å²) in [6, 6.07) is 3.94. The molecule has 1 aliphatic rings. The Kier molecular flexibility index (Phi) is 7.17. The highest BCUT2D eigenvalue weighted by Crippen LogP contribution is 2.43. The molecular weight excluding hydrogens is 410 g/mol. The molecule has 0 fully saturated rings. The van der Waals surface area contributed by atoms with E-state index in [0.717, 1.165) is 56.2 Å². The minimum atomic E-state index is 0.319. The molecule has 2 N–H and O–H groups in total. The highest BCUT2D eigenvalue weighted by molar-refractivity contribution is 8.00. The van der Waals surface area contributed by atoms with E-state index in [1.165, 1.54) is 0 Å². The van der Waals surface area contributed by atoms with Crippen LogP contribution in [0.25, 0.3) is 20.5 Å². The summed E-state index contributed by atoms with van der Waals surface area (Å²) in [5.74, 6) is 0. The maximum Gasteiger partial charge on any atom is 0.138 e. The van der Waals surface area contributed by atoms with Gasteiger partial charge in [-0.15, -0.1) is 11.3 Å². The lowest BCUT2D eigenvalue weighted by Gasteiger charge is -2.24. The van der Waals surface area contributed by atoms with E-state index < -0.39 is 0 Å². The number of rotatable bonds is 4. The van der Waals surface area contributed by atoms with Crippen molar-refractivity contribution in [3.05, 3.63) is 35.9 Å². The maximum absolute atomic E-state index is 8.19. The first kappa shape index (κ1) is 20.9. The molecule has 0 saturated heterocycles. The fraction of sp³-hybridized carbons (Fsp3) is 0.368. The summed E-state index contributed by atoms with van der Waals surface area (Å²) in [5, 5.41) is 19.1. The quantitative estimate of drug-likeness (QED) is 0.570. The normalized spacial score (nSPS) is 13.1. The maximum atomic E-state index is 8.19. The molecule has 0 amide bonds. The zero-order valence-corrected chi connectivity index (χ0v) is 18.5. The van der Waals surface area contributed by atoms with Gasteiger partial charge >= 0.3 is 0 Å². The second kappa shape index (κ2) is 9.60. The fourth-order valence-corrected chi connectivity index (χ4v) is 5.66. The van der Waals surface area contributed by atoms with E-state index in [2.05, 4.69) is 15.5 Å². The number of aromatic nitrogens is 3. The average Bonchev–Trinajstić information content (AvgIpc) is 3.34. The third-order valence-corrected chi connectivity index (χ3v) is 7.39. The topological polar surface area (TPSA) is 86.0 Å². The molecule has 1 aliphatic heterocycles. The van der Waals surface area contributed by atoms with E-state index in [1.54, 1.807) is 40.8 Å². The molecule has 4 rings (SSSR count). The van der Waals surface area contributed by atoms with E-state index in [1.807, 2.05) is 32.2 Å². The SMILES string of the molecule is CCCO.CSN1CCC(=N)c2nc(-c3sc(-c4cccnc4)nc3C)sc21. The first-order chi connectivity index (χ1) is 13.6. The fourth-order valence-electron chi connectivity index (χ4n) is 2.59. The van der Waals surface area contributed by atoms with E-state index >= 15 is 0 Å². The first-order valence-electron chi connectivity index (χ1n) is 8.98. The number of aryl methyl sites for hydroxylation is 1. The van der Waals surface area contributed by atoms with Gasteiger partial charge in [0, 0.05) is 43.8 Å². The van der Waals surface area contributed by atoms with Gasteiger partial charge in [-0.25, -0.2) is 9.97 Å². The van der Waals surface area contributed by atoms with Crippen LogP contribution in [-0.2, 0) is 0 Å². The molecule has 3 aromatic heterocycles. The molecule has 0 saturated carbocycles. The molecule has 3 aromatic rings. The van der Waals surface area contributed by atoms with Crippen LogP contribution in [-0.4, -0.2) is 45.2 Å². The van der Waals surface area contributed by atoms with Crippen LogP contribution in [0.5, 0.6) is 0 Å². The highest BCUT2D eigenvalue weighted by atomic mass is 32.2. The molecule has 9 heteroatoms. The third-order valence-electron chi connectivity index (χ3n) is 4.03. The van der Waals surface area contributed by atoms with Crippen molar-refractivity contribution in [2.75, 3.05) is 23.7 Å². The van der Waals surface area contributed by atoms with Crippen molar-refractivity contribution in [2.45, 2.75) is 26.7 Å². The summed E-state index contributed by atoms with van der Waals surface area (Å²) >= 11 is 4.99. The molecule has 0 aliphatic carbocycles. The molecule has 148 valence electrons. The Hall–Kier alpha value is -1.81. The number of nitrogens with one attached hydrogen (secondary N) is 1. The van der Waals surface area contributed by atoms with Crippen molar-refractivity contribution < 1.29 is 5.11 Å². The van der Waals surface area contributed by atoms with Crippen LogP contribution in [0.1, 0.15) is 31.2 Å². The number of aliphatic hydroxyl groups excluding tert-OH is 1. The monoisotopic (exact) mass is 433 g/mol. The largest absolute Gasteiger partial charge is 0.396 e. The smallest absolute Gasteiger partial charge is 0.138 e. The summed E-state index contributed by atoms with van der Waals surface area (Å²) in [6.45, 7) is 5.14. The number of hydrogen-bond acceptors (Lipinski definition) is 9. The predicted octanol–water partition coefficient (Wildman–Crippen LogP) is 4.88. The van der Waals surface area contributed by atoms with Crippen molar-refractivity contribution in [3.8, 4) is 20.5 Å². The molecule has 0 unspecified atom stereocenters. The van der Waals surface area contributed by atoms with Gasteiger partial charge in [0.2, 0.25) is 0 Å². The van der Waals surface area contributed by atoms with Crippen LogP contribution < -0.4 is 4.31 Å². The van der Waals surface area contributed by atoms with Gasteiger partial charge in [0.1, 0.15) is 20.7 Å². The van der Waals surface area contributed by atoms with Gasteiger partial charge in [0.25, 0.3) is 0 Å². The standard InChI is InChI=1S/C16H15N5S3.C3H8O/c1-9-13(23-14(19-9)10-4-3-6-18-8-10)15-20-12-11(17)5-7-21(22-2)16(12)24-15;1-2-3-4/h3-4,6,8,17H,5,7H2,1-2H3;4H,2-3H2,1H3. The highest BCUT2D eigenvalue weighted by Gasteiger charge is 2.27. The first-order valence-corrected chi connectivity index (χ1v) is 11.8. The molecule has 0 atom stereocenters. The van der Waals surface area contributed by atoms with Gasteiger partial charge < -0.3 is 14.8 Å².